The number of hydrogen-bond acceptors (Lipinski definition) is 3. The highest BCUT2D eigenvalue weighted by Gasteiger charge is 2.35. The lowest BCUT2D eigenvalue weighted by Crippen LogP contribution is -2.61. The Hall–Kier alpha value is -1.39. The molecule has 92 valence electrons. The van der Waals surface area contributed by atoms with Gasteiger partial charge in [0.05, 0.1) is 12.1 Å². The van der Waals surface area contributed by atoms with Crippen molar-refractivity contribution in [3.63, 3.8) is 0 Å². The second-order valence-electron chi connectivity index (χ2n) is 4.85. The van der Waals surface area contributed by atoms with E-state index in [0.29, 0.717) is 13.2 Å². The topological polar surface area (TPSA) is 41.6 Å². The summed E-state index contributed by atoms with van der Waals surface area (Å²) >= 11 is 0. The summed E-state index contributed by atoms with van der Waals surface area (Å²) in [6.45, 7) is 5.34. The van der Waals surface area contributed by atoms with E-state index in [1.165, 1.54) is 0 Å². The summed E-state index contributed by atoms with van der Waals surface area (Å²) in [5, 5.41) is 1.68. The smallest absolute Gasteiger partial charge is 0.263 e. The minimum Gasteiger partial charge on any atom is -0.369 e. The average molecular weight is 234 g/mol. The second kappa shape index (κ2) is 4.85. The van der Waals surface area contributed by atoms with Crippen LogP contribution in [0.4, 0.5) is 0 Å². The molecule has 1 amide bonds. The van der Waals surface area contributed by atoms with Crippen molar-refractivity contribution in [2.45, 2.75) is 25.9 Å². The van der Waals surface area contributed by atoms with E-state index < -0.39 is 0 Å². The predicted molar refractivity (Wildman–Crippen MR) is 65.0 cm³/mol. The molecule has 1 fully saturated rings. The van der Waals surface area contributed by atoms with E-state index in [1.54, 1.807) is 5.01 Å². The highest BCUT2D eigenvalue weighted by molar-refractivity contribution is 5.78. The molecule has 0 aliphatic carbocycles. The van der Waals surface area contributed by atoms with Gasteiger partial charge in [-0.25, -0.2) is 5.43 Å². The van der Waals surface area contributed by atoms with E-state index in [1.807, 2.05) is 44.2 Å². The van der Waals surface area contributed by atoms with Gasteiger partial charge in [-0.2, -0.15) is 0 Å². The van der Waals surface area contributed by atoms with Crippen molar-refractivity contribution in [3.05, 3.63) is 35.9 Å². The molecule has 1 aromatic rings. The van der Waals surface area contributed by atoms with Gasteiger partial charge in [0.15, 0.2) is 0 Å². The van der Waals surface area contributed by atoms with Crippen LogP contribution in [-0.2, 0) is 16.1 Å². The molecule has 0 unspecified atom stereocenters. The number of rotatable bonds is 3. The first kappa shape index (κ1) is 12.1. The molecule has 0 aromatic heterocycles. The Labute approximate surface area is 102 Å². The van der Waals surface area contributed by atoms with Crippen molar-refractivity contribution in [3.8, 4) is 0 Å². The number of ether oxygens (including phenoxy) is 1. The average Bonchev–Trinajstić information content (AvgIpc) is 2.29. The summed E-state index contributed by atoms with van der Waals surface area (Å²) < 4.78 is 5.25. The first-order valence-corrected chi connectivity index (χ1v) is 5.78. The van der Waals surface area contributed by atoms with E-state index in [0.717, 1.165) is 5.56 Å². The van der Waals surface area contributed by atoms with Crippen LogP contribution >= 0.6 is 0 Å². The molecular weight excluding hydrogens is 216 g/mol. The van der Waals surface area contributed by atoms with Crippen LogP contribution in [0.1, 0.15) is 19.4 Å². The Morgan fingerprint density at radius 3 is 2.71 bits per heavy atom. The van der Waals surface area contributed by atoms with Crippen LogP contribution in [-0.4, -0.2) is 29.7 Å². The molecule has 1 saturated heterocycles. The molecule has 4 nitrogen and oxygen atoms in total. The van der Waals surface area contributed by atoms with Crippen LogP contribution in [0.15, 0.2) is 30.3 Å². The van der Waals surface area contributed by atoms with Gasteiger partial charge in [0.25, 0.3) is 5.91 Å². The number of morpholine rings is 1. The third-order valence-corrected chi connectivity index (χ3v) is 2.82. The van der Waals surface area contributed by atoms with Crippen molar-refractivity contribution in [2.75, 3.05) is 13.2 Å². The van der Waals surface area contributed by atoms with Gasteiger partial charge >= 0.3 is 0 Å². The first-order valence-electron chi connectivity index (χ1n) is 5.78. The van der Waals surface area contributed by atoms with Gasteiger partial charge in [0.2, 0.25) is 0 Å². The molecule has 0 bridgehead atoms. The fourth-order valence-electron chi connectivity index (χ4n) is 1.92. The molecule has 2 rings (SSSR count). The third-order valence-electron chi connectivity index (χ3n) is 2.82. The number of nitrogens with zero attached hydrogens (tertiary/aromatic N) is 1. The fourth-order valence-corrected chi connectivity index (χ4v) is 1.92. The zero-order chi connectivity index (χ0) is 12.3. The highest BCUT2D eigenvalue weighted by atomic mass is 16.5. The van der Waals surface area contributed by atoms with Crippen LogP contribution in [0.5, 0.6) is 0 Å². The van der Waals surface area contributed by atoms with Crippen molar-refractivity contribution >= 4 is 5.91 Å². The van der Waals surface area contributed by atoms with Gasteiger partial charge in [-0.15, -0.1) is 0 Å². The SMILES string of the molecule is CC1(C)COCC(=O)N1NCc1ccccc1. The van der Waals surface area contributed by atoms with Gasteiger partial charge in [0.1, 0.15) is 6.61 Å². The van der Waals surface area contributed by atoms with Gasteiger partial charge in [-0.3, -0.25) is 9.80 Å². The first-order chi connectivity index (χ1) is 8.09. The Balaban J connectivity index is 1.99. The Kier molecular flexibility index (Phi) is 3.45. The lowest BCUT2D eigenvalue weighted by Gasteiger charge is -2.41. The van der Waals surface area contributed by atoms with Gasteiger partial charge < -0.3 is 4.74 Å². The van der Waals surface area contributed by atoms with Crippen LogP contribution in [0.3, 0.4) is 0 Å². The van der Waals surface area contributed by atoms with E-state index >= 15 is 0 Å². The summed E-state index contributed by atoms with van der Waals surface area (Å²) in [6, 6.07) is 10.0. The molecule has 0 atom stereocenters. The number of carbonyl (C=O) groups is 1. The highest BCUT2D eigenvalue weighted by Crippen LogP contribution is 2.17. The third kappa shape index (κ3) is 2.84. The van der Waals surface area contributed by atoms with Crippen LogP contribution in [0, 0.1) is 0 Å². The molecule has 1 aliphatic heterocycles. The maximum absolute atomic E-state index is 11.8. The Bertz CT molecular complexity index is 390. The minimum atomic E-state index is -0.301. The monoisotopic (exact) mass is 234 g/mol. The number of nitrogens with one attached hydrogen (secondary N) is 1. The summed E-state index contributed by atoms with van der Waals surface area (Å²) in [5.74, 6) is -0.0165. The molecule has 4 heteroatoms. The number of amides is 1. The lowest BCUT2D eigenvalue weighted by atomic mass is 10.1. The summed E-state index contributed by atoms with van der Waals surface area (Å²) in [6.07, 6.45) is 0. The standard InChI is InChI=1S/C13H18N2O2/c1-13(2)10-17-9-12(16)15(13)14-8-11-6-4-3-5-7-11/h3-7,14H,8-10H2,1-2H3. The van der Waals surface area contributed by atoms with E-state index in [-0.39, 0.29) is 18.1 Å². The van der Waals surface area contributed by atoms with Gasteiger partial charge in [-0.1, -0.05) is 30.3 Å². The normalized spacial score (nSPS) is 19.4. The molecule has 1 heterocycles. The van der Waals surface area contributed by atoms with Gasteiger partial charge in [0, 0.05) is 6.54 Å². The summed E-state index contributed by atoms with van der Waals surface area (Å²) in [5.41, 5.74) is 4.04. The molecule has 0 radical (unpaired) electrons. The Morgan fingerprint density at radius 2 is 2.06 bits per heavy atom. The van der Waals surface area contributed by atoms with Crippen molar-refractivity contribution < 1.29 is 9.53 Å². The largest absolute Gasteiger partial charge is 0.369 e. The summed E-state index contributed by atoms with van der Waals surface area (Å²) in [7, 11) is 0. The van der Waals surface area contributed by atoms with E-state index in [9.17, 15) is 4.79 Å². The van der Waals surface area contributed by atoms with Gasteiger partial charge in [-0.05, 0) is 19.4 Å². The molecule has 1 N–H and O–H groups in total. The molecule has 0 spiro atoms. The summed E-state index contributed by atoms with van der Waals surface area (Å²) in [4.78, 5) is 11.8. The Morgan fingerprint density at radius 1 is 1.35 bits per heavy atom. The van der Waals surface area contributed by atoms with Crippen molar-refractivity contribution in [1.82, 2.24) is 10.4 Å². The molecular formula is C13H18N2O2. The lowest BCUT2D eigenvalue weighted by molar-refractivity contribution is -0.162. The second-order valence-corrected chi connectivity index (χ2v) is 4.85. The zero-order valence-corrected chi connectivity index (χ0v) is 10.3. The maximum atomic E-state index is 11.8. The zero-order valence-electron chi connectivity index (χ0n) is 10.3. The maximum Gasteiger partial charge on any atom is 0.263 e. The number of hydrogen-bond donors (Lipinski definition) is 1. The molecule has 17 heavy (non-hydrogen) atoms. The quantitative estimate of drug-likeness (QED) is 0.858. The van der Waals surface area contributed by atoms with Crippen LogP contribution < -0.4 is 5.43 Å². The molecule has 0 saturated carbocycles. The molecule has 1 aliphatic rings. The van der Waals surface area contributed by atoms with E-state index in [4.69, 9.17) is 4.74 Å². The van der Waals surface area contributed by atoms with Crippen LogP contribution in [0.2, 0.25) is 0 Å². The number of carbonyl (C=O) groups excluding carboxylic acids is 1. The fraction of sp³-hybridized carbons (Fsp3) is 0.462. The number of benzene rings is 1. The predicted octanol–water partition coefficient (Wildman–Crippen LogP) is 1.33. The minimum absolute atomic E-state index is 0.0165. The van der Waals surface area contributed by atoms with E-state index in [2.05, 4.69) is 5.43 Å². The molecule has 1 aromatic carbocycles. The number of hydrazine groups is 1. The van der Waals surface area contributed by atoms with Crippen molar-refractivity contribution in [1.29, 1.82) is 0 Å². The van der Waals surface area contributed by atoms with Crippen LogP contribution in [0.25, 0.3) is 0 Å². The van der Waals surface area contributed by atoms with Crippen molar-refractivity contribution in [2.24, 2.45) is 0 Å².